The minimum atomic E-state index is 0.198. The molecule has 1 unspecified atom stereocenters. The molecule has 1 atom stereocenters. The van der Waals surface area contributed by atoms with E-state index in [9.17, 15) is 4.79 Å². The van der Waals surface area contributed by atoms with E-state index in [2.05, 4.69) is 14.5 Å². The monoisotopic (exact) mass is 303 g/mol. The van der Waals surface area contributed by atoms with Crippen LogP contribution < -0.4 is 0 Å². The Kier molecular flexibility index (Phi) is 4.39. The summed E-state index contributed by atoms with van der Waals surface area (Å²) in [5.41, 5.74) is 0.839. The SMILES string of the molecule is Cc1nccn1CCC1CCCCN1C(=O)c1ccsc1. The molecule has 21 heavy (non-hydrogen) atoms. The summed E-state index contributed by atoms with van der Waals surface area (Å²) in [7, 11) is 0. The first-order chi connectivity index (χ1) is 10.3. The largest absolute Gasteiger partial charge is 0.336 e. The maximum absolute atomic E-state index is 12.6. The third-order valence-electron chi connectivity index (χ3n) is 4.28. The summed E-state index contributed by atoms with van der Waals surface area (Å²) < 4.78 is 2.17. The number of rotatable bonds is 4. The van der Waals surface area contributed by atoms with Crippen molar-refractivity contribution >= 4 is 17.2 Å². The molecule has 1 aliphatic heterocycles. The molecule has 1 amide bonds. The maximum Gasteiger partial charge on any atom is 0.254 e. The summed E-state index contributed by atoms with van der Waals surface area (Å²) in [5.74, 6) is 1.24. The van der Waals surface area contributed by atoms with Crippen LogP contribution in [0.15, 0.2) is 29.2 Å². The van der Waals surface area contributed by atoms with Gasteiger partial charge in [-0.3, -0.25) is 4.79 Å². The fourth-order valence-corrected chi connectivity index (χ4v) is 3.68. The van der Waals surface area contributed by atoms with Crippen LogP contribution in [0.4, 0.5) is 0 Å². The molecule has 5 heteroatoms. The standard InChI is InChI=1S/C16H21N3OS/c1-13-17-7-10-18(13)9-5-15-4-2-3-8-19(15)16(20)14-6-11-21-12-14/h6-7,10-12,15H,2-5,8-9H2,1H3. The number of aromatic nitrogens is 2. The van der Waals surface area contributed by atoms with Crippen LogP contribution in [0.25, 0.3) is 0 Å². The summed E-state index contributed by atoms with van der Waals surface area (Å²) in [6.07, 6.45) is 8.32. The predicted octanol–water partition coefficient (Wildman–Crippen LogP) is 3.34. The van der Waals surface area contributed by atoms with Crippen LogP contribution >= 0.6 is 11.3 Å². The smallest absolute Gasteiger partial charge is 0.254 e. The summed E-state index contributed by atoms with van der Waals surface area (Å²) in [6, 6.07) is 2.28. The molecule has 1 aliphatic rings. The Balaban J connectivity index is 1.67. The Morgan fingerprint density at radius 2 is 2.38 bits per heavy atom. The number of carbonyl (C=O) groups is 1. The van der Waals surface area contributed by atoms with Gasteiger partial charge in [0.05, 0.1) is 5.56 Å². The second kappa shape index (κ2) is 6.43. The number of nitrogens with zero attached hydrogens (tertiary/aromatic N) is 3. The molecule has 0 radical (unpaired) electrons. The van der Waals surface area contributed by atoms with Crippen LogP contribution in [-0.2, 0) is 6.54 Å². The molecule has 3 rings (SSSR count). The van der Waals surface area contributed by atoms with Gasteiger partial charge in [-0.2, -0.15) is 11.3 Å². The molecular formula is C16H21N3OS. The molecule has 1 saturated heterocycles. The van der Waals surface area contributed by atoms with Crippen molar-refractivity contribution in [1.29, 1.82) is 0 Å². The molecule has 0 spiro atoms. The number of hydrogen-bond donors (Lipinski definition) is 0. The van der Waals surface area contributed by atoms with Crippen LogP contribution in [0.3, 0.4) is 0 Å². The van der Waals surface area contributed by atoms with E-state index in [1.807, 2.05) is 36.1 Å². The van der Waals surface area contributed by atoms with Crippen molar-refractivity contribution in [1.82, 2.24) is 14.5 Å². The Morgan fingerprint density at radius 3 is 3.10 bits per heavy atom. The van der Waals surface area contributed by atoms with E-state index in [1.165, 1.54) is 6.42 Å². The topological polar surface area (TPSA) is 38.1 Å². The Bertz CT molecular complexity index is 590. The van der Waals surface area contributed by atoms with E-state index < -0.39 is 0 Å². The van der Waals surface area contributed by atoms with Crippen LogP contribution in [-0.4, -0.2) is 32.9 Å². The van der Waals surface area contributed by atoms with Gasteiger partial charge in [-0.25, -0.2) is 4.98 Å². The highest BCUT2D eigenvalue weighted by molar-refractivity contribution is 7.08. The van der Waals surface area contributed by atoms with Crippen molar-refractivity contribution in [3.8, 4) is 0 Å². The number of carbonyl (C=O) groups excluding carboxylic acids is 1. The molecule has 0 aromatic carbocycles. The van der Waals surface area contributed by atoms with Gasteiger partial charge >= 0.3 is 0 Å². The zero-order valence-electron chi connectivity index (χ0n) is 12.4. The van der Waals surface area contributed by atoms with Gasteiger partial charge in [-0.15, -0.1) is 0 Å². The van der Waals surface area contributed by atoms with Gasteiger partial charge in [0, 0.05) is 36.9 Å². The van der Waals surface area contributed by atoms with E-state index in [1.54, 1.807) is 11.3 Å². The fraction of sp³-hybridized carbons (Fsp3) is 0.500. The van der Waals surface area contributed by atoms with Gasteiger partial charge in [0.25, 0.3) is 5.91 Å². The normalized spacial score (nSPS) is 18.9. The van der Waals surface area contributed by atoms with Crippen molar-refractivity contribution in [2.75, 3.05) is 6.54 Å². The van der Waals surface area contributed by atoms with E-state index >= 15 is 0 Å². The number of likely N-dealkylation sites (tertiary alicyclic amines) is 1. The van der Waals surface area contributed by atoms with Crippen LogP contribution in [0, 0.1) is 6.92 Å². The highest BCUT2D eigenvalue weighted by Crippen LogP contribution is 2.23. The molecule has 0 aliphatic carbocycles. The van der Waals surface area contributed by atoms with Gasteiger partial charge in [0.15, 0.2) is 0 Å². The maximum atomic E-state index is 12.6. The third-order valence-corrected chi connectivity index (χ3v) is 4.97. The average Bonchev–Trinajstić information content (AvgIpc) is 3.16. The van der Waals surface area contributed by atoms with Crippen molar-refractivity contribution in [2.24, 2.45) is 0 Å². The molecule has 3 heterocycles. The first-order valence-electron chi connectivity index (χ1n) is 7.56. The highest BCUT2D eigenvalue weighted by Gasteiger charge is 2.27. The number of aryl methyl sites for hydroxylation is 2. The molecular weight excluding hydrogens is 282 g/mol. The lowest BCUT2D eigenvalue weighted by atomic mass is 9.98. The lowest BCUT2D eigenvalue weighted by Gasteiger charge is -2.36. The number of imidazole rings is 1. The summed E-state index contributed by atoms with van der Waals surface area (Å²) >= 11 is 1.59. The summed E-state index contributed by atoms with van der Waals surface area (Å²) in [5, 5.41) is 3.93. The van der Waals surface area contributed by atoms with Crippen molar-refractivity contribution < 1.29 is 4.79 Å². The molecule has 2 aromatic rings. The van der Waals surface area contributed by atoms with Gasteiger partial charge in [0.2, 0.25) is 0 Å². The molecule has 1 fully saturated rings. The lowest BCUT2D eigenvalue weighted by molar-refractivity contribution is 0.0596. The lowest BCUT2D eigenvalue weighted by Crippen LogP contribution is -2.44. The van der Waals surface area contributed by atoms with E-state index in [-0.39, 0.29) is 5.91 Å². The number of amides is 1. The zero-order valence-corrected chi connectivity index (χ0v) is 13.2. The van der Waals surface area contributed by atoms with E-state index in [4.69, 9.17) is 0 Å². The first-order valence-corrected chi connectivity index (χ1v) is 8.51. The van der Waals surface area contributed by atoms with Crippen molar-refractivity contribution in [2.45, 2.75) is 45.2 Å². The van der Waals surface area contributed by atoms with E-state index in [0.29, 0.717) is 6.04 Å². The Hall–Kier alpha value is -1.62. The molecule has 0 bridgehead atoms. The van der Waals surface area contributed by atoms with Crippen molar-refractivity contribution in [3.63, 3.8) is 0 Å². The van der Waals surface area contributed by atoms with Crippen LogP contribution in [0.5, 0.6) is 0 Å². The average molecular weight is 303 g/mol. The van der Waals surface area contributed by atoms with Crippen molar-refractivity contribution in [3.05, 3.63) is 40.6 Å². The summed E-state index contributed by atoms with van der Waals surface area (Å²) in [6.45, 7) is 3.85. The second-order valence-corrected chi connectivity index (χ2v) is 6.40. The Morgan fingerprint density at radius 1 is 1.48 bits per heavy atom. The number of hydrogen-bond acceptors (Lipinski definition) is 3. The van der Waals surface area contributed by atoms with E-state index in [0.717, 1.165) is 43.7 Å². The molecule has 0 saturated carbocycles. The van der Waals surface area contributed by atoms with Gasteiger partial charge < -0.3 is 9.47 Å². The van der Waals surface area contributed by atoms with Gasteiger partial charge in [-0.1, -0.05) is 0 Å². The summed E-state index contributed by atoms with van der Waals surface area (Å²) in [4.78, 5) is 19.0. The van der Waals surface area contributed by atoms with Gasteiger partial charge in [0.1, 0.15) is 5.82 Å². The molecule has 2 aromatic heterocycles. The molecule has 4 nitrogen and oxygen atoms in total. The first kappa shape index (κ1) is 14.3. The molecule has 112 valence electrons. The zero-order chi connectivity index (χ0) is 14.7. The van der Waals surface area contributed by atoms with Crippen LogP contribution in [0.1, 0.15) is 41.9 Å². The van der Waals surface area contributed by atoms with Gasteiger partial charge in [-0.05, 0) is 44.1 Å². The molecule has 0 N–H and O–H groups in total. The highest BCUT2D eigenvalue weighted by atomic mass is 32.1. The van der Waals surface area contributed by atoms with Crippen LogP contribution in [0.2, 0.25) is 0 Å². The second-order valence-electron chi connectivity index (χ2n) is 5.62. The quantitative estimate of drug-likeness (QED) is 0.869. The third kappa shape index (κ3) is 3.18. The minimum Gasteiger partial charge on any atom is -0.336 e. The number of thiophene rings is 1. The minimum absolute atomic E-state index is 0.198. The number of piperidine rings is 1. The Labute approximate surface area is 129 Å². The fourth-order valence-electron chi connectivity index (χ4n) is 3.05. The predicted molar refractivity (Wildman–Crippen MR) is 84.6 cm³/mol.